The molecule has 2 fully saturated rings. The predicted octanol–water partition coefficient (Wildman–Crippen LogP) is 2.56. The third-order valence-corrected chi connectivity index (χ3v) is 6.57. The van der Waals surface area contributed by atoms with Gasteiger partial charge in [-0.25, -0.2) is 10.8 Å². The zero-order valence-electron chi connectivity index (χ0n) is 19.5. The molecule has 0 aliphatic carbocycles. The van der Waals surface area contributed by atoms with Crippen LogP contribution in [0.25, 0.3) is 16.5 Å². The van der Waals surface area contributed by atoms with Crippen molar-refractivity contribution in [3.8, 4) is 0 Å². The lowest BCUT2D eigenvalue weighted by Gasteiger charge is -2.35. The van der Waals surface area contributed by atoms with Gasteiger partial charge in [0.1, 0.15) is 5.82 Å². The Labute approximate surface area is 195 Å². The molecule has 2 aliphatic rings. The number of hydrogen-bond acceptors (Lipinski definition) is 7. The highest BCUT2D eigenvalue weighted by atomic mass is 16.1. The molecule has 2 saturated heterocycles. The van der Waals surface area contributed by atoms with Crippen LogP contribution in [0.4, 0.5) is 5.82 Å². The van der Waals surface area contributed by atoms with Crippen LogP contribution >= 0.6 is 0 Å². The Hall–Kier alpha value is -3.10. The van der Waals surface area contributed by atoms with Gasteiger partial charge in [-0.05, 0) is 61.9 Å². The number of benzene rings is 1. The number of amides is 1. The Morgan fingerprint density at radius 1 is 1.21 bits per heavy atom. The minimum absolute atomic E-state index is 0.0108. The molecular weight excluding hydrogens is 414 g/mol. The maximum absolute atomic E-state index is 12.9. The Morgan fingerprint density at radius 2 is 1.94 bits per heavy atom. The Morgan fingerprint density at radius 3 is 2.64 bits per heavy atom. The number of carbonyl (C=O) groups excluding carboxylic acids is 1. The standard InChI is InChI=1S/C25H35N7O/c1-18(16-31-9-3-4-10-31)32-11-7-19(8-12-32)25(33)29-24-14-22-13-20(23(26)17-30(2)27)5-6-21(22)15-28-24/h5-6,13-15,17,19H,1,3-4,7-12,16,26-27H2,2H3,(H,28,29,33)/b23-17-. The molecular formula is C25H35N7O. The average Bonchev–Trinajstić information content (AvgIpc) is 3.31. The summed E-state index contributed by atoms with van der Waals surface area (Å²) in [6, 6.07) is 7.77. The molecule has 5 N–H and O–H groups in total. The van der Waals surface area contributed by atoms with Crippen LogP contribution < -0.4 is 16.9 Å². The average molecular weight is 450 g/mol. The number of nitrogens with two attached hydrogens (primary N) is 2. The van der Waals surface area contributed by atoms with Crippen molar-refractivity contribution in [1.29, 1.82) is 0 Å². The van der Waals surface area contributed by atoms with Crippen molar-refractivity contribution in [3.63, 3.8) is 0 Å². The highest BCUT2D eigenvalue weighted by Crippen LogP contribution is 2.24. The zero-order valence-corrected chi connectivity index (χ0v) is 19.5. The van der Waals surface area contributed by atoms with E-state index < -0.39 is 0 Å². The molecule has 176 valence electrons. The first-order valence-corrected chi connectivity index (χ1v) is 11.7. The van der Waals surface area contributed by atoms with Gasteiger partial charge in [-0.3, -0.25) is 9.69 Å². The van der Waals surface area contributed by atoms with Crippen molar-refractivity contribution < 1.29 is 4.79 Å². The fourth-order valence-corrected chi connectivity index (χ4v) is 4.67. The van der Waals surface area contributed by atoms with Crippen LogP contribution in [-0.2, 0) is 4.79 Å². The van der Waals surface area contributed by atoms with E-state index in [2.05, 4.69) is 26.7 Å². The first-order valence-electron chi connectivity index (χ1n) is 11.7. The van der Waals surface area contributed by atoms with Crippen LogP contribution in [0, 0.1) is 5.92 Å². The second kappa shape index (κ2) is 10.2. The van der Waals surface area contributed by atoms with E-state index >= 15 is 0 Å². The third kappa shape index (κ3) is 5.83. The summed E-state index contributed by atoms with van der Waals surface area (Å²) in [5.41, 5.74) is 8.74. The molecule has 1 amide bonds. The van der Waals surface area contributed by atoms with Gasteiger partial charge in [0.15, 0.2) is 0 Å². The minimum atomic E-state index is -0.0108. The molecule has 3 heterocycles. The van der Waals surface area contributed by atoms with E-state index in [1.165, 1.54) is 36.6 Å². The quantitative estimate of drug-likeness (QED) is 0.441. The summed E-state index contributed by atoms with van der Waals surface area (Å²) in [6.45, 7) is 9.33. The van der Waals surface area contributed by atoms with Crippen molar-refractivity contribution in [3.05, 3.63) is 54.5 Å². The minimum Gasteiger partial charge on any atom is -0.397 e. The number of pyridine rings is 1. The van der Waals surface area contributed by atoms with Gasteiger partial charge >= 0.3 is 0 Å². The highest BCUT2D eigenvalue weighted by molar-refractivity contribution is 5.94. The lowest BCUT2D eigenvalue weighted by atomic mass is 9.95. The number of aromatic nitrogens is 1. The van der Waals surface area contributed by atoms with Crippen molar-refractivity contribution in [1.82, 2.24) is 19.8 Å². The lowest BCUT2D eigenvalue weighted by Crippen LogP contribution is -2.40. The molecule has 8 heteroatoms. The summed E-state index contributed by atoms with van der Waals surface area (Å²) in [7, 11) is 1.72. The van der Waals surface area contributed by atoms with E-state index in [0.717, 1.165) is 48.8 Å². The van der Waals surface area contributed by atoms with Gasteiger partial charge in [0.2, 0.25) is 5.91 Å². The van der Waals surface area contributed by atoms with E-state index in [9.17, 15) is 4.79 Å². The van der Waals surface area contributed by atoms with Crippen LogP contribution in [0.2, 0.25) is 0 Å². The van der Waals surface area contributed by atoms with Gasteiger partial charge in [-0.2, -0.15) is 0 Å². The monoisotopic (exact) mass is 449 g/mol. The normalized spacial score (nSPS) is 18.0. The molecule has 8 nitrogen and oxygen atoms in total. The fraction of sp³-hybridized carbons (Fsp3) is 0.440. The SMILES string of the molecule is C=C(CN1CCCC1)N1CCC(C(=O)Nc2cc3cc(/C(N)=C/N(C)N)ccc3cn2)CC1. The Kier molecular flexibility index (Phi) is 7.15. The molecule has 2 aromatic rings. The molecule has 0 atom stereocenters. The largest absolute Gasteiger partial charge is 0.397 e. The van der Waals surface area contributed by atoms with Crippen molar-refractivity contribution in [2.45, 2.75) is 25.7 Å². The number of anilines is 1. The number of likely N-dealkylation sites (tertiary alicyclic amines) is 2. The maximum atomic E-state index is 12.9. The summed E-state index contributed by atoms with van der Waals surface area (Å²) in [5, 5.41) is 6.38. The zero-order chi connectivity index (χ0) is 23.4. The molecule has 0 radical (unpaired) electrons. The molecule has 4 rings (SSSR count). The van der Waals surface area contributed by atoms with E-state index in [4.69, 9.17) is 11.6 Å². The van der Waals surface area contributed by atoms with Crippen LogP contribution in [0.5, 0.6) is 0 Å². The summed E-state index contributed by atoms with van der Waals surface area (Å²) < 4.78 is 0. The molecule has 0 unspecified atom stereocenters. The van der Waals surface area contributed by atoms with Gasteiger partial charge in [0.05, 0.1) is 5.70 Å². The first kappa shape index (κ1) is 23.1. The predicted molar refractivity (Wildman–Crippen MR) is 134 cm³/mol. The third-order valence-electron chi connectivity index (χ3n) is 6.57. The van der Waals surface area contributed by atoms with Gasteiger partial charge < -0.3 is 21.0 Å². The summed E-state index contributed by atoms with van der Waals surface area (Å²) >= 11 is 0. The van der Waals surface area contributed by atoms with Gasteiger partial charge in [-0.1, -0.05) is 18.7 Å². The molecule has 1 aromatic carbocycles. The molecule has 2 aliphatic heterocycles. The number of fused-ring (bicyclic) bond motifs is 1. The van der Waals surface area contributed by atoms with Crippen LogP contribution in [0.1, 0.15) is 31.2 Å². The van der Waals surface area contributed by atoms with Crippen LogP contribution in [0.15, 0.2) is 48.9 Å². The number of nitrogens with zero attached hydrogens (tertiary/aromatic N) is 4. The molecule has 0 saturated carbocycles. The number of hydrogen-bond donors (Lipinski definition) is 3. The number of nitrogens with one attached hydrogen (secondary N) is 1. The Balaban J connectivity index is 1.35. The highest BCUT2D eigenvalue weighted by Gasteiger charge is 2.26. The van der Waals surface area contributed by atoms with E-state index in [-0.39, 0.29) is 11.8 Å². The lowest BCUT2D eigenvalue weighted by molar-refractivity contribution is -0.121. The van der Waals surface area contributed by atoms with Crippen LogP contribution in [0.3, 0.4) is 0 Å². The fourth-order valence-electron chi connectivity index (χ4n) is 4.67. The van der Waals surface area contributed by atoms with Crippen molar-refractivity contribution in [2.24, 2.45) is 17.5 Å². The van der Waals surface area contributed by atoms with E-state index in [1.54, 1.807) is 19.4 Å². The topological polar surface area (TPSA) is 104 Å². The maximum Gasteiger partial charge on any atom is 0.228 e. The van der Waals surface area contributed by atoms with E-state index in [0.29, 0.717) is 11.5 Å². The summed E-state index contributed by atoms with van der Waals surface area (Å²) in [4.78, 5) is 22.1. The van der Waals surface area contributed by atoms with Gasteiger partial charge in [-0.15, -0.1) is 0 Å². The van der Waals surface area contributed by atoms with E-state index in [1.807, 2.05) is 24.3 Å². The molecule has 0 bridgehead atoms. The molecule has 33 heavy (non-hydrogen) atoms. The second-order valence-corrected chi connectivity index (χ2v) is 9.18. The van der Waals surface area contributed by atoms with Gasteiger partial charge in [0.25, 0.3) is 0 Å². The molecule has 1 aromatic heterocycles. The van der Waals surface area contributed by atoms with Gasteiger partial charge in [0, 0.05) is 56.1 Å². The first-order chi connectivity index (χ1) is 15.9. The Bertz CT molecular complexity index is 1030. The van der Waals surface area contributed by atoms with Crippen LogP contribution in [-0.4, -0.2) is 65.5 Å². The number of carbonyl (C=O) groups is 1. The number of rotatable bonds is 7. The smallest absolute Gasteiger partial charge is 0.228 e. The summed E-state index contributed by atoms with van der Waals surface area (Å²) in [6.07, 6.45) is 7.67. The second-order valence-electron chi connectivity index (χ2n) is 9.18. The molecule has 0 spiro atoms. The van der Waals surface area contributed by atoms with Crippen molar-refractivity contribution >= 4 is 28.2 Å². The number of hydrazine groups is 1. The number of piperidine rings is 1. The van der Waals surface area contributed by atoms with Crippen molar-refractivity contribution in [2.75, 3.05) is 45.1 Å². The summed E-state index contributed by atoms with van der Waals surface area (Å²) in [5.74, 6) is 6.25.